The van der Waals surface area contributed by atoms with Crippen LogP contribution in [0.2, 0.25) is 0 Å². The lowest BCUT2D eigenvalue weighted by Gasteiger charge is -2.06. The van der Waals surface area contributed by atoms with Crippen LogP contribution in [-0.4, -0.2) is 32.3 Å². The first-order valence-corrected chi connectivity index (χ1v) is 7.29. The number of para-hydroxylation sites is 1. The van der Waals surface area contributed by atoms with Gasteiger partial charge in [-0.1, -0.05) is 18.2 Å². The molecule has 24 heavy (non-hydrogen) atoms. The molecule has 4 N–H and O–H groups in total. The number of carbonyl (C=O) groups excluding carboxylic acids is 1. The molecule has 0 spiro atoms. The van der Waals surface area contributed by atoms with Crippen LogP contribution in [0.15, 0.2) is 41.6 Å². The molecule has 0 aliphatic rings. The van der Waals surface area contributed by atoms with Gasteiger partial charge >= 0.3 is 0 Å². The zero-order valence-corrected chi connectivity index (χ0v) is 12.9. The van der Waals surface area contributed by atoms with Gasteiger partial charge < -0.3 is 15.2 Å². The van der Waals surface area contributed by atoms with Crippen molar-refractivity contribution in [3.63, 3.8) is 0 Å². The van der Waals surface area contributed by atoms with Crippen molar-refractivity contribution in [1.82, 2.24) is 15.4 Å². The third-order valence-corrected chi connectivity index (χ3v) is 3.66. The average molecular weight is 324 g/mol. The van der Waals surface area contributed by atoms with Gasteiger partial charge in [-0.2, -0.15) is 5.10 Å². The Morgan fingerprint density at radius 1 is 1.42 bits per heavy atom. The second-order valence-electron chi connectivity index (χ2n) is 5.26. The largest absolute Gasteiger partial charge is 0.505 e. The maximum atomic E-state index is 12.1. The number of nitrogens with one attached hydrogen (secondary N) is 2. The number of hydrazone groups is 1. The van der Waals surface area contributed by atoms with Crippen LogP contribution in [0, 0.1) is 6.92 Å². The molecule has 0 fully saturated rings. The molecule has 0 unspecified atom stereocenters. The van der Waals surface area contributed by atoms with Gasteiger partial charge in [-0.25, -0.2) is 5.43 Å². The number of hydrogen-bond donors (Lipinski definition) is 4. The Balaban J connectivity index is 1.79. The number of benzene rings is 1. The van der Waals surface area contributed by atoms with Crippen LogP contribution in [0.25, 0.3) is 10.9 Å². The Morgan fingerprint density at radius 2 is 2.21 bits per heavy atom. The van der Waals surface area contributed by atoms with Gasteiger partial charge in [0.2, 0.25) is 0 Å². The van der Waals surface area contributed by atoms with Crippen LogP contribution in [0.1, 0.15) is 27.3 Å². The Kier molecular flexibility index (Phi) is 4.26. The lowest BCUT2D eigenvalue weighted by molar-refractivity contribution is 0.0951. The van der Waals surface area contributed by atoms with Crippen LogP contribution in [0.5, 0.6) is 5.75 Å². The second-order valence-corrected chi connectivity index (χ2v) is 5.26. The van der Waals surface area contributed by atoms with Gasteiger partial charge in [0.1, 0.15) is 11.4 Å². The molecule has 0 bridgehead atoms. The van der Waals surface area contributed by atoms with Crippen LogP contribution in [0.3, 0.4) is 0 Å². The summed E-state index contributed by atoms with van der Waals surface area (Å²) in [6.07, 6.45) is 2.74. The summed E-state index contributed by atoms with van der Waals surface area (Å²) >= 11 is 0. The highest BCUT2D eigenvalue weighted by molar-refractivity contribution is 5.98. The van der Waals surface area contributed by atoms with Crippen molar-refractivity contribution < 1.29 is 15.0 Å². The van der Waals surface area contributed by atoms with Crippen LogP contribution >= 0.6 is 0 Å². The zero-order valence-electron chi connectivity index (χ0n) is 12.9. The molecular formula is C17H16N4O3. The Bertz CT molecular complexity index is 898. The summed E-state index contributed by atoms with van der Waals surface area (Å²) in [6, 6.07) is 9.27. The predicted molar refractivity (Wildman–Crippen MR) is 89.9 cm³/mol. The molecule has 122 valence electrons. The molecule has 0 saturated carbocycles. The number of carbonyl (C=O) groups is 1. The maximum Gasteiger partial charge on any atom is 0.287 e. The summed E-state index contributed by atoms with van der Waals surface area (Å²) in [6.45, 7) is 1.34. The third-order valence-electron chi connectivity index (χ3n) is 3.66. The summed E-state index contributed by atoms with van der Waals surface area (Å²) in [7, 11) is 0. The van der Waals surface area contributed by atoms with E-state index < -0.39 is 5.91 Å². The van der Waals surface area contributed by atoms with E-state index in [4.69, 9.17) is 0 Å². The molecule has 0 saturated heterocycles. The minimum absolute atomic E-state index is 0.0786. The molecule has 0 atom stereocenters. The molecule has 0 aliphatic carbocycles. The van der Waals surface area contributed by atoms with E-state index in [1.54, 1.807) is 13.0 Å². The van der Waals surface area contributed by atoms with Crippen molar-refractivity contribution in [3.05, 3.63) is 59.0 Å². The molecule has 2 heterocycles. The Morgan fingerprint density at radius 3 is 2.96 bits per heavy atom. The maximum absolute atomic E-state index is 12.1. The third kappa shape index (κ3) is 2.97. The first-order chi connectivity index (χ1) is 11.6. The van der Waals surface area contributed by atoms with E-state index >= 15 is 0 Å². The van der Waals surface area contributed by atoms with E-state index in [0.29, 0.717) is 22.5 Å². The van der Waals surface area contributed by atoms with Gasteiger partial charge in [-0.05, 0) is 19.1 Å². The number of aromatic hydroxyl groups is 1. The number of H-pyrrole nitrogens is 1. The van der Waals surface area contributed by atoms with Gasteiger partial charge in [0.15, 0.2) is 0 Å². The molecule has 3 aromatic rings. The van der Waals surface area contributed by atoms with E-state index in [1.807, 2.05) is 24.3 Å². The van der Waals surface area contributed by atoms with Crippen molar-refractivity contribution >= 4 is 23.0 Å². The number of aryl methyl sites for hydroxylation is 1. The summed E-state index contributed by atoms with van der Waals surface area (Å²) < 4.78 is 0. The van der Waals surface area contributed by atoms with Crippen molar-refractivity contribution in [2.75, 3.05) is 0 Å². The average Bonchev–Trinajstić information content (AvgIpc) is 3.03. The molecule has 1 aromatic carbocycles. The highest BCUT2D eigenvalue weighted by Crippen LogP contribution is 2.21. The molecule has 0 radical (unpaired) electrons. The summed E-state index contributed by atoms with van der Waals surface area (Å²) in [5.74, 6) is -0.483. The second kappa shape index (κ2) is 6.51. The highest BCUT2D eigenvalue weighted by Gasteiger charge is 2.11. The van der Waals surface area contributed by atoms with Crippen LogP contribution in [0.4, 0.5) is 0 Å². The predicted octanol–water partition coefficient (Wildman–Crippen LogP) is 1.83. The lowest BCUT2D eigenvalue weighted by atomic mass is 10.1. The molecule has 0 aliphatic heterocycles. The quantitative estimate of drug-likeness (QED) is 0.433. The summed E-state index contributed by atoms with van der Waals surface area (Å²) in [4.78, 5) is 19.1. The fourth-order valence-electron chi connectivity index (χ4n) is 2.33. The van der Waals surface area contributed by atoms with Crippen molar-refractivity contribution in [1.29, 1.82) is 0 Å². The van der Waals surface area contributed by atoms with Crippen molar-refractivity contribution in [3.8, 4) is 5.75 Å². The highest BCUT2D eigenvalue weighted by atomic mass is 16.3. The van der Waals surface area contributed by atoms with Crippen LogP contribution in [-0.2, 0) is 6.61 Å². The van der Waals surface area contributed by atoms with Crippen molar-refractivity contribution in [2.24, 2.45) is 5.10 Å². The summed E-state index contributed by atoms with van der Waals surface area (Å²) in [5.41, 5.74) is 4.78. The SMILES string of the molecule is Cc1ncc(CO)c(C=NNC(=O)c2cc3ccccc3[nH]2)c1O. The molecule has 1 amide bonds. The smallest absolute Gasteiger partial charge is 0.287 e. The molecule has 2 aromatic heterocycles. The van der Waals surface area contributed by atoms with Gasteiger partial charge in [-0.15, -0.1) is 0 Å². The Labute approximate surface area is 137 Å². The van der Waals surface area contributed by atoms with Gasteiger partial charge in [-0.3, -0.25) is 9.78 Å². The minimum Gasteiger partial charge on any atom is -0.505 e. The van der Waals surface area contributed by atoms with Gasteiger partial charge in [0.25, 0.3) is 5.91 Å². The van der Waals surface area contributed by atoms with E-state index in [0.717, 1.165) is 10.9 Å². The fourth-order valence-corrected chi connectivity index (χ4v) is 2.33. The van der Waals surface area contributed by atoms with Gasteiger partial charge in [0, 0.05) is 28.2 Å². The van der Waals surface area contributed by atoms with E-state index in [-0.39, 0.29) is 12.4 Å². The van der Waals surface area contributed by atoms with Crippen LogP contribution < -0.4 is 5.43 Å². The first kappa shape index (κ1) is 15.7. The standard InChI is InChI=1S/C17H16N4O3/c1-10-16(23)13(12(9-22)7-18-10)8-19-21-17(24)15-6-11-4-2-3-5-14(11)20-15/h2-8,20,22-23H,9H2,1H3,(H,21,24). The number of fused-ring (bicyclic) bond motifs is 1. The topological polar surface area (TPSA) is 111 Å². The van der Waals surface area contributed by atoms with Gasteiger partial charge in [0.05, 0.1) is 18.5 Å². The zero-order chi connectivity index (χ0) is 17.1. The van der Waals surface area contributed by atoms with E-state index in [9.17, 15) is 15.0 Å². The van der Waals surface area contributed by atoms with E-state index in [2.05, 4.69) is 20.5 Å². The molecule has 7 nitrogen and oxygen atoms in total. The Hall–Kier alpha value is -3.19. The first-order valence-electron chi connectivity index (χ1n) is 7.29. The normalized spacial score (nSPS) is 11.2. The number of nitrogens with zero attached hydrogens (tertiary/aromatic N) is 2. The molecule has 7 heteroatoms. The lowest BCUT2D eigenvalue weighted by Crippen LogP contribution is -2.18. The number of amides is 1. The number of hydrogen-bond acceptors (Lipinski definition) is 5. The molecule has 3 rings (SSSR count). The monoisotopic (exact) mass is 324 g/mol. The van der Waals surface area contributed by atoms with Crippen molar-refractivity contribution in [2.45, 2.75) is 13.5 Å². The number of aromatic amines is 1. The fraction of sp³-hybridized carbons (Fsp3) is 0.118. The summed E-state index contributed by atoms with van der Waals surface area (Å²) in [5, 5.41) is 24.1. The minimum atomic E-state index is -0.404. The number of aromatic nitrogens is 2. The number of aliphatic hydroxyl groups excluding tert-OH is 1. The molecular weight excluding hydrogens is 308 g/mol. The number of pyridine rings is 1. The number of aliphatic hydroxyl groups is 1. The van der Waals surface area contributed by atoms with E-state index in [1.165, 1.54) is 12.4 Å². The number of rotatable bonds is 4.